The second-order valence-electron chi connectivity index (χ2n) is 5.15. The molecule has 7 heteroatoms. The van der Waals surface area contributed by atoms with Gasteiger partial charge in [0.15, 0.2) is 0 Å². The highest BCUT2D eigenvalue weighted by molar-refractivity contribution is 5.94. The Morgan fingerprint density at radius 2 is 2.10 bits per heavy atom. The molecule has 108 valence electrons. The molecule has 2 N–H and O–H groups in total. The molecular formula is C13H16F2N4O. The second kappa shape index (κ2) is 4.97. The first-order valence-electron chi connectivity index (χ1n) is 6.67. The van der Waals surface area contributed by atoms with Crippen molar-refractivity contribution < 1.29 is 13.6 Å². The lowest BCUT2D eigenvalue weighted by atomic mass is 10.3. The highest BCUT2D eigenvalue weighted by Gasteiger charge is 2.61. The minimum Gasteiger partial charge on any atom is -0.368 e. The van der Waals surface area contributed by atoms with Gasteiger partial charge in [0.05, 0.1) is 11.9 Å². The fourth-order valence-electron chi connectivity index (χ4n) is 2.28. The quantitative estimate of drug-likeness (QED) is 0.871. The normalized spacial score (nSPS) is 24.3. The van der Waals surface area contributed by atoms with Crippen molar-refractivity contribution in [3.63, 3.8) is 0 Å². The third-order valence-corrected chi connectivity index (χ3v) is 3.62. The largest absolute Gasteiger partial charge is 0.368 e. The number of carbonyl (C=O) groups is 1. The van der Waals surface area contributed by atoms with Crippen LogP contribution in [0.2, 0.25) is 0 Å². The van der Waals surface area contributed by atoms with Crippen molar-refractivity contribution in [1.29, 1.82) is 0 Å². The van der Waals surface area contributed by atoms with Gasteiger partial charge in [0, 0.05) is 32.6 Å². The molecular weight excluding hydrogens is 266 g/mol. The maximum atomic E-state index is 12.8. The van der Waals surface area contributed by atoms with Gasteiger partial charge in [-0.25, -0.2) is 13.8 Å². The molecule has 1 aliphatic carbocycles. The molecule has 0 bridgehead atoms. The minimum atomic E-state index is -2.84. The molecule has 2 heterocycles. The molecule has 5 nitrogen and oxygen atoms in total. The zero-order valence-corrected chi connectivity index (χ0v) is 10.9. The zero-order chi connectivity index (χ0) is 14.2. The van der Waals surface area contributed by atoms with Gasteiger partial charge in [-0.05, 0) is 12.1 Å². The number of aromatic nitrogens is 1. The number of pyridine rings is 1. The highest BCUT2D eigenvalue weighted by Crippen LogP contribution is 2.48. The van der Waals surface area contributed by atoms with E-state index in [1.807, 2.05) is 6.07 Å². The van der Waals surface area contributed by atoms with Gasteiger partial charge in [-0.3, -0.25) is 4.79 Å². The monoisotopic (exact) mass is 282 g/mol. The maximum Gasteiger partial charge on any atom is 0.260 e. The molecule has 1 saturated heterocycles. The van der Waals surface area contributed by atoms with Crippen LogP contribution in [0, 0.1) is 5.92 Å². The number of amides is 1. The maximum absolute atomic E-state index is 12.8. The molecule has 1 atom stereocenters. The van der Waals surface area contributed by atoms with Gasteiger partial charge in [0.25, 0.3) is 5.92 Å². The molecule has 3 rings (SSSR count). The fraction of sp³-hybridized carbons (Fsp3) is 0.538. The summed E-state index contributed by atoms with van der Waals surface area (Å²) in [6.07, 6.45) is 1.30. The predicted molar refractivity (Wildman–Crippen MR) is 71.0 cm³/mol. The van der Waals surface area contributed by atoms with Crippen LogP contribution in [0.4, 0.5) is 20.3 Å². The summed E-state index contributed by atoms with van der Waals surface area (Å²) < 4.78 is 25.5. The molecule has 1 unspecified atom stereocenters. The van der Waals surface area contributed by atoms with Crippen molar-refractivity contribution in [2.75, 3.05) is 36.4 Å². The number of anilines is 2. The predicted octanol–water partition coefficient (Wildman–Crippen LogP) is 1.08. The van der Waals surface area contributed by atoms with Crippen LogP contribution in [0.25, 0.3) is 0 Å². The van der Waals surface area contributed by atoms with Crippen molar-refractivity contribution in [3.05, 3.63) is 18.3 Å². The summed E-state index contributed by atoms with van der Waals surface area (Å²) >= 11 is 0. The van der Waals surface area contributed by atoms with Crippen LogP contribution in [-0.2, 0) is 4.79 Å². The van der Waals surface area contributed by atoms with E-state index in [2.05, 4.69) is 20.5 Å². The van der Waals surface area contributed by atoms with Crippen LogP contribution >= 0.6 is 0 Å². The summed E-state index contributed by atoms with van der Waals surface area (Å²) in [4.78, 5) is 17.8. The van der Waals surface area contributed by atoms with E-state index in [0.717, 1.165) is 31.9 Å². The number of piperazine rings is 1. The number of carbonyl (C=O) groups excluding carboxylic acids is 1. The number of alkyl halides is 2. The van der Waals surface area contributed by atoms with Crippen molar-refractivity contribution >= 4 is 17.4 Å². The molecule has 1 amide bonds. The standard InChI is InChI=1S/C13H16F2N4O/c14-13(15)7-10(13)12(20)18-11-2-1-9(8-17-11)19-5-3-16-4-6-19/h1-2,8,10,16H,3-7H2,(H,17,18,20). The summed E-state index contributed by atoms with van der Waals surface area (Å²) in [5.41, 5.74) is 0.973. The van der Waals surface area contributed by atoms with Crippen molar-refractivity contribution in [1.82, 2.24) is 10.3 Å². The van der Waals surface area contributed by atoms with E-state index in [4.69, 9.17) is 0 Å². The van der Waals surface area contributed by atoms with Crippen LogP contribution in [0.1, 0.15) is 6.42 Å². The number of halogens is 2. The van der Waals surface area contributed by atoms with Crippen LogP contribution in [-0.4, -0.2) is 43.0 Å². The Bertz CT molecular complexity index is 500. The Morgan fingerprint density at radius 1 is 1.40 bits per heavy atom. The SMILES string of the molecule is O=C(Nc1ccc(N2CCNCC2)cn1)C1CC1(F)F. The van der Waals surface area contributed by atoms with E-state index >= 15 is 0 Å². The number of nitrogens with zero attached hydrogens (tertiary/aromatic N) is 2. The lowest BCUT2D eigenvalue weighted by molar-refractivity contribution is -0.119. The Balaban J connectivity index is 1.60. The summed E-state index contributed by atoms with van der Waals surface area (Å²) in [7, 11) is 0. The number of nitrogens with one attached hydrogen (secondary N) is 2. The smallest absolute Gasteiger partial charge is 0.260 e. The first-order chi connectivity index (χ1) is 9.56. The van der Waals surface area contributed by atoms with E-state index in [9.17, 15) is 13.6 Å². The van der Waals surface area contributed by atoms with Gasteiger partial charge in [-0.2, -0.15) is 0 Å². The van der Waals surface area contributed by atoms with E-state index in [1.165, 1.54) is 0 Å². The first-order valence-corrected chi connectivity index (χ1v) is 6.67. The minimum absolute atomic E-state index is 0.316. The fourth-order valence-corrected chi connectivity index (χ4v) is 2.28. The van der Waals surface area contributed by atoms with Crippen molar-refractivity contribution in [2.24, 2.45) is 5.92 Å². The molecule has 1 saturated carbocycles. The van der Waals surface area contributed by atoms with Crippen molar-refractivity contribution in [2.45, 2.75) is 12.3 Å². The lowest BCUT2D eigenvalue weighted by Gasteiger charge is -2.29. The average molecular weight is 282 g/mol. The Labute approximate surface area is 115 Å². The van der Waals surface area contributed by atoms with E-state index < -0.39 is 17.7 Å². The van der Waals surface area contributed by atoms with E-state index in [0.29, 0.717) is 5.82 Å². The van der Waals surface area contributed by atoms with Gasteiger partial charge in [0.2, 0.25) is 5.91 Å². The van der Waals surface area contributed by atoms with Crippen LogP contribution in [0.5, 0.6) is 0 Å². The van der Waals surface area contributed by atoms with Gasteiger partial charge in [0.1, 0.15) is 11.7 Å². The molecule has 1 aliphatic heterocycles. The Hall–Kier alpha value is -1.76. The summed E-state index contributed by atoms with van der Waals surface area (Å²) in [5.74, 6) is -4.38. The molecule has 2 aliphatic rings. The van der Waals surface area contributed by atoms with Gasteiger partial charge < -0.3 is 15.5 Å². The van der Waals surface area contributed by atoms with E-state index in [-0.39, 0.29) is 6.42 Å². The molecule has 20 heavy (non-hydrogen) atoms. The topological polar surface area (TPSA) is 57.3 Å². The van der Waals surface area contributed by atoms with Crippen LogP contribution in [0.15, 0.2) is 18.3 Å². The molecule has 0 radical (unpaired) electrons. The lowest BCUT2D eigenvalue weighted by Crippen LogP contribution is -2.43. The van der Waals surface area contributed by atoms with Crippen LogP contribution in [0.3, 0.4) is 0 Å². The number of hydrogen-bond acceptors (Lipinski definition) is 4. The van der Waals surface area contributed by atoms with Crippen molar-refractivity contribution in [3.8, 4) is 0 Å². The van der Waals surface area contributed by atoms with Crippen LogP contribution < -0.4 is 15.5 Å². The van der Waals surface area contributed by atoms with E-state index in [1.54, 1.807) is 12.3 Å². The van der Waals surface area contributed by atoms with Gasteiger partial charge >= 0.3 is 0 Å². The summed E-state index contributed by atoms with van der Waals surface area (Å²) in [6.45, 7) is 3.66. The van der Waals surface area contributed by atoms with Gasteiger partial charge in [-0.1, -0.05) is 0 Å². The number of rotatable bonds is 3. The second-order valence-corrected chi connectivity index (χ2v) is 5.15. The molecule has 2 fully saturated rings. The molecule has 1 aromatic heterocycles. The van der Waals surface area contributed by atoms with Gasteiger partial charge in [-0.15, -0.1) is 0 Å². The summed E-state index contributed by atoms with van der Waals surface area (Å²) in [5, 5.41) is 5.69. The third kappa shape index (κ3) is 2.72. The third-order valence-electron chi connectivity index (χ3n) is 3.62. The zero-order valence-electron chi connectivity index (χ0n) is 10.9. The summed E-state index contributed by atoms with van der Waals surface area (Å²) in [6, 6.07) is 3.49. The molecule has 1 aromatic rings. The first kappa shape index (κ1) is 13.2. The number of hydrogen-bond donors (Lipinski definition) is 2. The molecule has 0 aromatic carbocycles. The Kier molecular flexibility index (Phi) is 3.29. The average Bonchev–Trinajstić information content (AvgIpc) is 3.10. The molecule has 0 spiro atoms. The highest BCUT2D eigenvalue weighted by atomic mass is 19.3. The Morgan fingerprint density at radius 3 is 2.65 bits per heavy atom.